The number of benzene rings is 2. The van der Waals surface area contributed by atoms with Gasteiger partial charge in [0, 0.05) is 34.6 Å². The second-order valence-electron chi connectivity index (χ2n) is 7.98. The van der Waals surface area contributed by atoms with Gasteiger partial charge in [0.15, 0.2) is 0 Å². The third-order valence-electron chi connectivity index (χ3n) is 6.15. The number of anilines is 1. The molecule has 1 spiro atoms. The molecule has 0 aliphatic carbocycles. The number of carbonyl (C=O) groups is 2. The number of amides is 2. The van der Waals surface area contributed by atoms with E-state index in [-0.39, 0.29) is 29.6 Å². The number of nitrogens with one attached hydrogen (secondary N) is 2. The Morgan fingerprint density at radius 3 is 2.54 bits per heavy atom. The summed E-state index contributed by atoms with van der Waals surface area (Å²) in [4.78, 5) is 26.2. The van der Waals surface area contributed by atoms with Crippen molar-refractivity contribution in [1.29, 1.82) is 0 Å². The third-order valence-corrected chi connectivity index (χ3v) is 6.62. The number of halogens is 2. The van der Waals surface area contributed by atoms with Crippen molar-refractivity contribution >= 4 is 40.7 Å². The Morgan fingerprint density at radius 2 is 1.82 bits per heavy atom. The van der Waals surface area contributed by atoms with Gasteiger partial charge >= 0.3 is 0 Å². The smallest absolute Gasteiger partial charge is 0.236 e. The summed E-state index contributed by atoms with van der Waals surface area (Å²) in [6, 6.07) is 13.1. The van der Waals surface area contributed by atoms with Crippen LogP contribution < -0.4 is 10.6 Å². The highest BCUT2D eigenvalue weighted by Gasteiger charge is 2.59. The first-order chi connectivity index (χ1) is 13.3. The quantitative estimate of drug-likeness (QED) is 0.741. The van der Waals surface area contributed by atoms with Crippen LogP contribution in [0.4, 0.5) is 5.69 Å². The molecule has 2 aromatic rings. The summed E-state index contributed by atoms with van der Waals surface area (Å²) >= 11 is 12.5. The van der Waals surface area contributed by atoms with Crippen LogP contribution in [0.1, 0.15) is 37.3 Å². The monoisotopic (exact) mass is 416 g/mol. The molecule has 0 bridgehead atoms. The molecule has 2 aliphatic heterocycles. The lowest BCUT2D eigenvalue weighted by Crippen LogP contribution is -2.49. The average Bonchev–Trinajstić information content (AvgIpc) is 2.80. The molecule has 0 unspecified atom stereocenters. The lowest BCUT2D eigenvalue weighted by molar-refractivity contribution is -0.125. The Kier molecular flexibility index (Phi) is 4.88. The van der Waals surface area contributed by atoms with Crippen molar-refractivity contribution in [2.75, 3.05) is 11.9 Å². The van der Waals surface area contributed by atoms with E-state index in [1.807, 2.05) is 36.4 Å². The highest BCUT2D eigenvalue weighted by atomic mass is 35.5. The molecular weight excluding hydrogens is 395 g/mol. The van der Waals surface area contributed by atoms with Crippen LogP contribution in [-0.4, -0.2) is 18.4 Å². The molecule has 0 saturated carbocycles. The van der Waals surface area contributed by atoms with E-state index in [4.69, 9.17) is 23.2 Å². The van der Waals surface area contributed by atoms with E-state index in [2.05, 4.69) is 24.5 Å². The van der Waals surface area contributed by atoms with E-state index >= 15 is 0 Å². The topological polar surface area (TPSA) is 58.2 Å². The summed E-state index contributed by atoms with van der Waals surface area (Å²) in [7, 11) is 0. The molecule has 4 rings (SSSR count). The summed E-state index contributed by atoms with van der Waals surface area (Å²) < 4.78 is 0. The van der Waals surface area contributed by atoms with Crippen molar-refractivity contribution in [3.63, 3.8) is 0 Å². The molecule has 2 aromatic carbocycles. The minimum absolute atomic E-state index is 0.0298. The summed E-state index contributed by atoms with van der Waals surface area (Å²) in [5.41, 5.74) is 1.70. The summed E-state index contributed by atoms with van der Waals surface area (Å²) in [6.07, 6.45) is 0.296. The molecule has 2 amide bonds. The zero-order valence-electron chi connectivity index (χ0n) is 15.8. The molecule has 2 N–H and O–H groups in total. The lowest BCUT2D eigenvalue weighted by atomic mass is 9.58. The third kappa shape index (κ3) is 2.90. The number of rotatable bonds is 2. The van der Waals surface area contributed by atoms with Crippen molar-refractivity contribution in [3.8, 4) is 0 Å². The van der Waals surface area contributed by atoms with E-state index in [0.717, 1.165) is 16.8 Å². The number of hydrogen-bond acceptors (Lipinski definition) is 2. The summed E-state index contributed by atoms with van der Waals surface area (Å²) in [6.45, 7) is 4.51. The number of fused-ring (bicyclic) bond motifs is 2. The largest absolute Gasteiger partial charge is 0.355 e. The molecule has 0 aromatic heterocycles. The Balaban J connectivity index is 2.01. The molecule has 28 heavy (non-hydrogen) atoms. The predicted octanol–water partition coefficient (Wildman–Crippen LogP) is 4.76. The molecule has 3 atom stereocenters. The Bertz CT molecular complexity index is 959. The predicted molar refractivity (Wildman–Crippen MR) is 112 cm³/mol. The van der Waals surface area contributed by atoms with Crippen LogP contribution in [0.5, 0.6) is 0 Å². The fourth-order valence-electron chi connectivity index (χ4n) is 4.98. The molecule has 6 heteroatoms. The van der Waals surface area contributed by atoms with E-state index in [1.165, 1.54) is 0 Å². The van der Waals surface area contributed by atoms with Crippen LogP contribution in [0.3, 0.4) is 0 Å². The van der Waals surface area contributed by atoms with Crippen LogP contribution in [0.25, 0.3) is 0 Å². The van der Waals surface area contributed by atoms with Gasteiger partial charge in [-0.25, -0.2) is 0 Å². The molecule has 0 radical (unpaired) electrons. The van der Waals surface area contributed by atoms with Gasteiger partial charge in [-0.3, -0.25) is 9.59 Å². The van der Waals surface area contributed by atoms with Gasteiger partial charge in [0.05, 0.1) is 5.41 Å². The summed E-state index contributed by atoms with van der Waals surface area (Å²) in [5, 5.41) is 7.25. The zero-order valence-corrected chi connectivity index (χ0v) is 17.3. The molecule has 2 aliphatic rings. The highest BCUT2D eigenvalue weighted by molar-refractivity contribution is 6.31. The Labute approximate surface area is 174 Å². The van der Waals surface area contributed by atoms with Crippen molar-refractivity contribution in [1.82, 2.24) is 5.32 Å². The maximum Gasteiger partial charge on any atom is 0.236 e. The minimum Gasteiger partial charge on any atom is -0.355 e. The van der Waals surface area contributed by atoms with Crippen LogP contribution in [-0.2, 0) is 15.0 Å². The van der Waals surface area contributed by atoms with Crippen molar-refractivity contribution in [2.24, 2.45) is 11.8 Å². The first kappa shape index (κ1) is 19.3. The maximum absolute atomic E-state index is 13.6. The van der Waals surface area contributed by atoms with Crippen LogP contribution in [0.15, 0.2) is 42.5 Å². The zero-order chi connectivity index (χ0) is 20.1. The lowest BCUT2D eigenvalue weighted by Gasteiger charge is -2.42. The molecular formula is C22H22Cl2N2O2. The first-order valence-corrected chi connectivity index (χ1v) is 10.2. The summed E-state index contributed by atoms with van der Waals surface area (Å²) in [5.74, 6) is -0.394. The Hall–Kier alpha value is -2.04. The first-order valence-electron chi connectivity index (χ1n) is 9.47. The molecule has 1 saturated heterocycles. The van der Waals surface area contributed by atoms with Crippen molar-refractivity contribution < 1.29 is 9.59 Å². The standard InChI is InChI=1S/C22H22Cl2N2O2/c1-12(2)17-10-20(27)25-11-18(13-4-3-5-14(23)8-13)22(17)16-7-6-15(24)9-19(16)26-21(22)28/h3-9,12,17-18H,10-11H2,1-2H3,(H,25,27)(H,26,28)/t17-,18+,22-/m1/s1. The number of carbonyl (C=O) groups excluding carboxylic acids is 2. The van der Waals surface area contributed by atoms with E-state index in [0.29, 0.717) is 23.0 Å². The second-order valence-corrected chi connectivity index (χ2v) is 8.85. The van der Waals surface area contributed by atoms with E-state index in [9.17, 15) is 9.59 Å². The second kappa shape index (κ2) is 7.09. The average molecular weight is 417 g/mol. The Morgan fingerprint density at radius 1 is 1.07 bits per heavy atom. The molecule has 146 valence electrons. The van der Waals surface area contributed by atoms with Gasteiger partial charge < -0.3 is 10.6 Å². The number of hydrogen-bond donors (Lipinski definition) is 2. The van der Waals surface area contributed by atoms with Gasteiger partial charge in [0.1, 0.15) is 0 Å². The van der Waals surface area contributed by atoms with Gasteiger partial charge in [0.25, 0.3) is 0 Å². The minimum atomic E-state index is -0.877. The van der Waals surface area contributed by atoms with Gasteiger partial charge in [-0.1, -0.05) is 55.2 Å². The SMILES string of the molecule is CC(C)[C@H]1CC(=O)NC[C@@H](c2cccc(Cl)c2)[C@]12C(=O)Nc1cc(Cl)ccc12. The van der Waals surface area contributed by atoms with Gasteiger partial charge in [-0.05, 0) is 47.2 Å². The molecule has 4 nitrogen and oxygen atoms in total. The van der Waals surface area contributed by atoms with Gasteiger partial charge in [-0.2, -0.15) is 0 Å². The molecule has 1 fully saturated rings. The fourth-order valence-corrected chi connectivity index (χ4v) is 5.35. The van der Waals surface area contributed by atoms with Crippen LogP contribution in [0, 0.1) is 11.8 Å². The normalized spacial score (nSPS) is 26.8. The fraction of sp³-hybridized carbons (Fsp3) is 0.364. The molecule has 2 heterocycles. The maximum atomic E-state index is 13.6. The van der Waals surface area contributed by atoms with E-state index < -0.39 is 5.41 Å². The van der Waals surface area contributed by atoms with Crippen LogP contribution in [0.2, 0.25) is 10.0 Å². The van der Waals surface area contributed by atoms with Crippen molar-refractivity contribution in [3.05, 3.63) is 63.6 Å². The van der Waals surface area contributed by atoms with Gasteiger partial charge in [-0.15, -0.1) is 0 Å². The highest BCUT2D eigenvalue weighted by Crippen LogP contribution is 2.55. The van der Waals surface area contributed by atoms with Gasteiger partial charge in [0.2, 0.25) is 11.8 Å². The van der Waals surface area contributed by atoms with E-state index in [1.54, 1.807) is 6.07 Å². The van der Waals surface area contributed by atoms with Crippen molar-refractivity contribution in [2.45, 2.75) is 31.6 Å². The van der Waals surface area contributed by atoms with Crippen LogP contribution >= 0.6 is 23.2 Å².